The second kappa shape index (κ2) is 4.31. The Morgan fingerprint density at radius 1 is 0.750 bits per heavy atom. The van der Waals surface area contributed by atoms with Gasteiger partial charge in [-0.3, -0.25) is 9.59 Å². The number of carbonyl (C=O) groups is 2. The molecule has 3 fully saturated rings. The summed E-state index contributed by atoms with van der Waals surface area (Å²) in [5.74, 6) is -3.78. The Balaban J connectivity index is 2.02. The third-order valence-electron chi connectivity index (χ3n) is 4.83. The van der Waals surface area contributed by atoms with E-state index in [0.717, 1.165) is 0 Å². The van der Waals surface area contributed by atoms with E-state index in [1.165, 1.54) is 14.2 Å². The van der Waals surface area contributed by atoms with Crippen molar-refractivity contribution in [1.29, 1.82) is 0 Å². The molecule has 3 aliphatic rings. The van der Waals surface area contributed by atoms with Crippen LogP contribution in [0, 0.1) is 35.5 Å². The van der Waals surface area contributed by atoms with Crippen LogP contribution in [0.15, 0.2) is 0 Å². The molecular formula is C12H12Cl4O4. The van der Waals surface area contributed by atoms with E-state index in [0.29, 0.717) is 0 Å². The van der Waals surface area contributed by atoms with Crippen molar-refractivity contribution in [3.05, 3.63) is 0 Å². The molecule has 0 N–H and O–H groups in total. The first-order valence-corrected chi connectivity index (χ1v) is 7.63. The normalized spacial score (nSPS) is 45.7. The molecule has 0 spiro atoms. The first kappa shape index (κ1) is 15.0. The van der Waals surface area contributed by atoms with E-state index in [4.69, 9.17) is 55.9 Å². The average Bonchev–Trinajstić information content (AvgIpc) is 3.17. The smallest absolute Gasteiger partial charge is 0.309 e. The number of hydrogen-bond acceptors (Lipinski definition) is 4. The number of carbonyl (C=O) groups excluding carboxylic acids is 2. The summed E-state index contributed by atoms with van der Waals surface area (Å²) in [7, 11) is 2.51. The predicted molar refractivity (Wildman–Crippen MR) is 73.8 cm³/mol. The summed E-state index contributed by atoms with van der Waals surface area (Å²) in [6.07, 6.45) is 0. The Morgan fingerprint density at radius 2 is 1.05 bits per heavy atom. The lowest BCUT2D eigenvalue weighted by Crippen LogP contribution is -2.38. The molecule has 0 aromatic rings. The van der Waals surface area contributed by atoms with Gasteiger partial charge in [0.05, 0.1) is 26.1 Å². The topological polar surface area (TPSA) is 52.6 Å². The molecule has 112 valence electrons. The third kappa shape index (κ3) is 1.68. The van der Waals surface area contributed by atoms with Gasteiger partial charge in [-0.25, -0.2) is 0 Å². The number of fused-ring (bicyclic) bond motifs is 3. The zero-order valence-electron chi connectivity index (χ0n) is 10.6. The predicted octanol–water partition coefficient (Wildman–Crippen LogP) is 2.42. The highest BCUT2D eigenvalue weighted by Crippen LogP contribution is 2.83. The van der Waals surface area contributed by atoms with Gasteiger partial charge in [0.1, 0.15) is 8.67 Å². The maximum Gasteiger partial charge on any atom is 0.309 e. The molecule has 0 heterocycles. The number of rotatable bonds is 2. The van der Waals surface area contributed by atoms with Crippen molar-refractivity contribution in [3.63, 3.8) is 0 Å². The van der Waals surface area contributed by atoms with Crippen LogP contribution >= 0.6 is 46.4 Å². The van der Waals surface area contributed by atoms with E-state index in [1.54, 1.807) is 0 Å². The minimum absolute atomic E-state index is 0.198. The van der Waals surface area contributed by atoms with Crippen molar-refractivity contribution >= 4 is 58.3 Å². The Bertz CT molecular complexity index is 448. The first-order valence-electron chi connectivity index (χ1n) is 6.12. The van der Waals surface area contributed by atoms with Crippen LogP contribution in [0.5, 0.6) is 0 Å². The number of ether oxygens (including phenoxy) is 2. The Morgan fingerprint density at radius 3 is 1.30 bits per heavy atom. The molecule has 6 atom stereocenters. The van der Waals surface area contributed by atoms with E-state index in [9.17, 15) is 9.59 Å². The first-order chi connectivity index (χ1) is 9.21. The van der Waals surface area contributed by atoms with Crippen LogP contribution in [0.2, 0.25) is 0 Å². The fourth-order valence-corrected chi connectivity index (χ4v) is 5.83. The van der Waals surface area contributed by atoms with Crippen molar-refractivity contribution in [1.82, 2.24) is 0 Å². The maximum atomic E-state index is 12.1. The quantitative estimate of drug-likeness (QED) is 0.559. The van der Waals surface area contributed by atoms with Gasteiger partial charge in [-0.2, -0.15) is 0 Å². The van der Waals surface area contributed by atoms with Gasteiger partial charge in [-0.05, 0) is 0 Å². The summed E-state index contributed by atoms with van der Waals surface area (Å²) < 4.78 is 7.38. The zero-order valence-corrected chi connectivity index (χ0v) is 13.6. The molecule has 3 rings (SSSR count). The molecule has 4 nitrogen and oxygen atoms in total. The van der Waals surface area contributed by atoms with Gasteiger partial charge in [0.15, 0.2) is 0 Å². The zero-order chi connectivity index (χ0) is 15.0. The summed E-state index contributed by atoms with van der Waals surface area (Å²) in [6.45, 7) is 0. The molecule has 0 aromatic heterocycles. The number of hydrogen-bond donors (Lipinski definition) is 0. The fraction of sp³-hybridized carbons (Fsp3) is 0.833. The van der Waals surface area contributed by atoms with Crippen LogP contribution in [-0.2, 0) is 19.1 Å². The molecule has 8 heteroatoms. The Kier molecular flexibility index (Phi) is 3.24. The molecule has 0 saturated heterocycles. The van der Waals surface area contributed by atoms with E-state index < -0.39 is 32.4 Å². The number of alkyl halides is 4. The minimum Gasteiger partial charge on any atom is -0.469 e. The van der Waals surface area contributed by atoms with Crippen LogP contribution in [-0.4, -0.2) is 34.8 Å². The highest BCUT2D eigenvalue weighted by Gasteiger charge is 2.87. The van der Waals surface area contributed by atoms with Gasteiger partial charge in [-0.15, -0.1) is 46.4 Å². The van der Waals surface area contributed by atoms with Crippen molar-refractivity contribution < 1.29 is 19.1 Å². The average molecular weight is 362 g/mol. The summed E-state index contributed by atoms with van der Waals surface area (Å²) in [4.78, 5) is 24.1. The van der Waals surface area contributed by atoms with E-state index in [2.05, 4.69) is 0 Å². The SMILES string of the molecule is COC(=O)C1C(C(=O)OC)C2C(C3C1C3(Cl)Cl)C2(Cl)Cl. The second-order valence-electron chi connectivity index (χ2n) is 5.55. The standard InChI is InChI=1S/C12H12Cl4O4/c1-19-9(17)3-4(10(18)20-2)6-8(12(6,15)16)7-5(3)11(7,13)14/h3-8H,1-2H3. The molecule has 0 amide bonds. The lowest BCUT2D eigenvalue weighted by atomic mass is 9.78. The van der Waals surface area contributed by atoms with E-state index >= 15 is 0 Å². The molecule has 0 bridgehead atoms. The highest BCUT2D eigenvalue weighted by molar-refractivity contribution is 6.54. The largest absolute Gasteiger partial charge is 0.469 e. The highest BCUT2D eigenvalue weighted by atomic mass is 35.5. The van der Waals surface area contributed by atoms with Crippen LogP contribution < -0.4 is 0 Å². The van der Waals surface area contributed by atoms with Crippen molar-refractivity contribution in [2.24, 2.45) is 35.5 Å². The maximum absolute atomic E-state index is 12.1. The van der Waals surface area contributed by atoms with Gasteiger partial charge in [0.2, 0.25) is 0 Å². The molecule has 3 saturated carbocycles. The van der Waals surface area contributed by atoms with Crippen LogP contribution in [0.1, 0.15) is 0 Å². The number of esters is 2. The van der Waals surface area contributed by atoms with Gasteiger partial charge < -0.3 is 9.47 Å². The Hall–Kier alpha value is 0.1000. The van der Waals surface area contributed by atoms with Gasteiger partial charge in [0, 0.05) is 23.7 Å². The van der Waals surface area contributed by atoms with E-state index in [1.807, 2.05) is 0 Å². The van der Waals surface area contributed by atoms with Crippen LogP contribution in [0.3, 0.4) is 0 Å². The monoisotopic (exact) mass is 360 g/mol. The molecule has 3 aliphatic carbocycles. The summed E-state index contributed by atoms with van der Waals surface area (Å²) >= 11 is 25.0. The van der Waals surface area contributed by atoms with Gasteiger partial charge >= 0.3 is 11.9 Å². The molecule has 6 unspecified atom stereocenters. The van der Waals surface area contributed by atoms with Crippen molar-refractivity contribution in [2.45, 2.75) is 8.67 Å². The lowest BCUT2D eigenvalue weighted by molar-refractivity contribution is -0.161. The molecule has 20 heavy (non-hydrogen) atoms. The van der Waals surface area contributed by atoms with Crippen LogP contribution in [0.4, 0.5) is 0 Å². The molecule has 0 radical (unpaired) electrons. The molecule has 0 aliphatic heterocycles. The molecule has 0 aromatic carbocycles. The number of methoxy groups -OCH3 is 2. The molecular weight excluding hydrogens is 350 g/mol. The van der Waals surface area contributed by atoms with E-state index in [-0.39, 0.29) is 23.7 Å². The van der Waals surface area contributed by atoms with Gasteiger partial charge in [0.25, 0.3) is 0 Å². The summed E-state index contributed by atoms with van der Waals surface area (Å²) in [5, 5.41) is 0. The number of halogens is 4. The van der Waals surface area contributed by atoms with Crippen molar-refractivity contribution in [3.8, 4) is 0 Å². The van der Waals surface area contributed by atoms with Crippen LogP contribution in [0.25, 0.3) is 0 Å². The minimum atomic E-state index is -1.10. The third-order valence-corrected chi connectivity index (χ3v) is 6.84. The second-order valence-corrected chi connectivity index (χ2v) is 8.44. The Labute approximate surface area is 135 Å². The summed E-state index contributed by atoms with van der Waals surface area (Å²) in [5.41, 5.74) is 0. The lowest BCUT2D eigenvalue weighted by Gasteiger charge is -2.26. The summed E-state index contributed by atoms with van der Waals surface area (Å²) in [6, 6.07) is 0. The fourth-order valence-electron chi connectivity index (χ4n) is 3.91. The van der Waals surface area contributed by atoms with Crippen molar-refractivity contribution in [2.75, 3.05) is 14.2 Å². The van der Waals surface area contributed by atoms with Gasteiger partial charge in [-0.1, -0.05) is 0 Å².